The average Bonchev–Trinajstić information content (AvgIpc) is 2.30. The molecule has 0 saturated heterocycles. The second-order valence-corrected chi connectivity index (χ2v) is 2.54. The lowest BCUT2D eigenvalue weighted by Crippen LogP contribution is -1.90. The van der Waals surface area contributed by atoms with Gasteiger partial charge < -0.3 is 0 Å². The highest BCUT2D eigenvalue weighted by Crippen LogP contribution is 2.34. The summed E-state index contributed by atoms with van der Waals surface area (Å²) >= 11 is 0. The van der Waals surface area contributed by atoms with E-state index in [0.29, 0.717) is 11.1 Å². The van der Waals surface area contributed by atoms with E-state index in [0.717, 1.165) is 0 Å². The summed E-state index contributed by atoms with van der Waals surface area (Å²) in [6, 6.07) is 6.94. The van der Waals surface area contributed by atoms with Crippen LogP contribution in [0, 0.1) is 0 Å². The van der Waals surface area contributed by atoms with Gasteiger partial charge in [0, 0.05) is 0 Å². The molecule has 0 spiro atoms. The largest absolute Gasteiger partial charge is 0.220 e. The van der Waals surface area contributed by atoms with Gasteiger partial charge in [0.15, 0.2) is 6.10 Å². The maximum Gasteiger partial charge on any atom is 0.170 e. The van der Waals surface area contributed by atoms with Crippen LogP contribution >= 0.6 is 0 Å². The van der Waals surface area contributed by atoms with E-state index in [2.05, 4.69) is 0 Å². The molecule has 2 rings (SSSR count). The van der Waals surface area contributed by atoms with Gasteiger partial charge in [-0.2, -0.15) is 0 Å². The van der Waals surface area contributed by atoms with Crippen molar-refractivity contribution < 1.29 is 9.50 Å². The first kappa shape index (κ1) is 6.55. The van der Waals surface area contributed by atoms with E-state index >= 15 is 0 Å². The summed E-state index contributed by atoms with van der Waals surface area (Å²) in [5.41, 5.74) is 1.26. The Balaban J connectivity index is 2.58. The van der Waals surface area contributed by atoms with Crippen molar-refractivity contribution in [1.29, 1.82) is 0 Å². The van der Waals surface area contributed by atoms with Crippen LogP contribution < -0.4 is 0 Å². The Bertz CT molecular complexity index is 317. The Morgan fingerprint density at radius 2 is 2.00 bits per heavy atom. The number of hydrogen-bond acceptors (Lipinski definition) is 0. The van der Waals surface area contributed by atoms with Gasteiger partial charge in [0.2, 0.25) is 0 Å². The van der Waals surface area contributed by atoms with Crippen LogP contribution in [0.2, 0.25) is 0 Å². The quantitative estimate of drug-likeness (QED) is 0.540. The smallest absolute Gasteiger partial charge is 0.170 e. The molecule has 0 fully saturated rings. The molecule has 1 unspecified atom stereocenters. The third kappa shape index (κ3) is 0.870. The SMILES string of the molecule is [O]C1C(F)=Cc2ccccc21. The van der Waals surface area contributed by atoms with E-state index in [4.69, 9.17) is 0 Å². The molecule has 55 valence electrons. The molecule has 0 aliphatic heterocycles. The minimum absolute atomic E-state index is 0.546. The molecule has 0 amide bonds. The van der Waals surface area contributed by atoms with Crippen LogP contribution in [0.3, 0.4) is 0 Å². The minimum Gasteiger partial charge on any atom is -0.220 e. The van der Waals surface area contributed by atoms with Gasteiger partial charge in [0.25, 0.3) is 0 Å². The molecule has 0 bridgehead atoms. The predicted octanol–water partition coefficient (Wildman–Crippen LogP) is 2.48. The Morgan fingerprint density at radius 1 is 1.27 bits per heavy atom. The summed E-state index contributed by atoms with van der Waals surface area (Å²) in [7, 11) is 0. The molecule has 0 N–H and O–H groups in total. The van der Waals surface area contributed by atoms with Crippen LogP contribution in [0.4, 0.5) is 4.39 Å². The van der Waals surface area contributed by atoms with Gasteiger partial charge in [0.05, 0.1) is 0 Å². The number of hydrogen-bond donors (Lipinski definition) is 0. The molecule has 1 nitrogen and oxygen atoms in total. The minimum atomic E-state index is -1.29. The van der Waals surface area contributed by atoms with E-state index in [-0.39, 0.29) is 0 Å². The van der Waals surface area contributed by atoms with Crippen molar-refractivity contribution >= 4 is 6.08 Å². The molecule has 1 aromatic rings. The van der Waals surface area contributed by atoms with Crippen molar-refractivity contribution in [3.8, 4) is 0 Å². The van der Waals surface area contributed by atoms with Crippen LogP contribution in [-0.2, 0) is 5.11 Å². The van der Waals surface area contributed by atoms with Gasteiger partial charge >= 0.3 is 0 Å². The van der Waals surface area contributed by atoms with Gasteiger partial charge in [-0.25, -0.2) is 9.50 Å². The number of benzene rings is 1. The van der Waals surface area contributed by atoms with Crippen molar-refractivity contribution in [1.82, 2.24) is 0 Å². The first-order chi connectivity index (χ1) is 5.29. The topological polar surface area (TPSA) is 19.9 Å². The Hall–Kier alpha value is -1.15. The van der Waals surface area contributed by atoms with E-state index in [1.54, 1.807) is 24.3 Å². The highest BCUT2D eigenvalue weighted by atomic mass is 19.1. The lowest BCUT2D eigenvalue weighted by atomic mass is 10.1. The summed E-state index contributed by atoms with van der Waals surface area (Å²) in [6.45, 7) is 0. The molecule has 1 aromatic carbocycles. The molecule has 1 atom stereocenters. The van der Waals surface area contributed by atoms with Crippen molar-refractivity contribution in [3.05, 3.63) is 41.2 Å². The molecule has 0 heterocycles. The molecule has 11 heavy (non-hydrogen) atoms. The third-order valence-corrected chi connectivity index (χ3v) is 1.82. The van der Waals surface area contributed by atoms with Crippen molar-refractivity contribution in [2.45, 2.75) is 6.10 Å². The zero-order valence-electron chi connectivity index (χ0n) is 5.75. The van der Waals surface area contributed by atoms with Gasteiger partial charge in [-0.1, -0.05) is 24.3 Å². The first-order valence-corrected chi connectivity index (χ1v) is 3.41. The van der Waals surface area contributed by atoms with Crippen molar-refractivity contribution in [3.63, 3.8) is 0 Å². The summed E-state index contributed by atoms with van der Waals surface area (Å²) in [4.78, 5) is 0. The number of rotatable bonds is 0. The molecule has 1 aliphatic carbocycles. The van der Waals surface area contributed by atoms with Crippen molar-refractivity contribution in [2.75, 3.05) is 0 Å². The highest BCUT2D eigenvalue weighted by Gasteiger charge is 2.23. The van der Waals surface area contributed by atoms with Crippen LogP contribution in [0.5, 0.6) is 0 Å². The summed E-state index contributed by atoms with van der Waals surface area (Å²) in [6.07, 6.45) is 0.0127. The molecular formula is C9H6FO. The van der Waals surface area contributed by atoms with E-state index in [1.807, 2.05) is 0 Å². The standard InChI is InChI=1S/C9H6FO/c10-8-5-6-3-1-2-4-7(6)9(8)11/h1-5,9H. The van der Waals surface area contributed by atoms with Gasteiger partial charge in [-0.15, -0.1) is 0 Å². The molecule has 2 heteroatoms. The maximum absolute atomic E-state index is 12.7. The monoisotopic (exact) mass is 149 g/mol. The second-order valence-electron chi connectivity index (χ2n) is 2.54. The fourth-order valence-electron chi connectivity index (χ4n) is 1.25. The van der Waals surface area contributed by atoms with Crippen LogP contribution in [0.1, 0.15) is 17.2 Å². The van der Waals surface area contributed by atoms with E-state index in [9.17, 15) is 9.50 Å². The number of halogens is 1. The first-order valence-electron chi connectivity index (χ1n) is 3.41. The fourth-order valence-corrected chi connectivity index (χ4v) is 1.25. The molecule has 0 aromatic heterocycles. The maximum atomic E-state index is 12.7. The lowest BCUT2D eigenvalue weighted by molar-refractivity contribution is 0.104. The van der Waals surface area contributed by atoms with E-state index < -0.39 is 11.9 Å². The Morgan fingerprint density at radius 3 is 2.73 bits per heavy atom. The zero-order valence-corrected chi connectivity index (χ0v) is 5.75. The molecule has 0 saturated carbocycles. The van der Waals surface area contributed by atoms with Crippen LogP contribution in [-0.4, -0.2) is 0 Å². The zero-order chi connectivity index (χ0) is 7.84. The molecular weight excluding hydrogens is 143 g/mol. The van der Waals surface area contributed by atoms with Gasteiger partial charge in [-0.3, -0.25) is 0 Å². The van der Waals surface area contributed by atoms with Gasteiger partial charge in [0.1, 0.15) is 5.83 Å². The third-order valence-electron chi connectivity index (χ3n) is 1.82. The number of fused-ring (bicyclic) bond motifs is 1. The highest BCUT2D eigenvalue weighted by molar-refractivity contribution is 5.63. The van der Waals surface area contributed by atoms with Crippen molar-refractivity contribution in [2.24, 2.45) is 0 Å². The van der Waals surface area contributed by atoms with Crippen LogP contribution in [0.15, 0.2) is 30.1 Å². The van der Waals surface area contributed by atoms with E-state index in [1.165, 1.54) is 6.08 Å². The normalized spacial score (nSPS) is 21.3. The summed E-state index contributed by atoms with van der Waals surface area (Å²) in [5.74, 6) is -0.578. The molecule has 1 aliphatic rings. The Labute approximate surface area is 63.8 Å². The molecule has 1 radical (unpaired) electrons. The summed E-state index contributed by atoms with van der Waals surface area (Å²) in [5, 5.41) is 11.0. The fraction of sp³-hybridized carbons (Fsp3) is 0.111. The average molecular weight is 149 g/mol. The summed E-state index contributed by atoms with van der Waals surface area (Å²) < 4.78 is 12.7. The second kappa shape index (κ2) is 2.17. The van der Waals surface area contributed by atoms with Crippen LogP contribution in [0.25, 0.3) is 6.08 Å². The van der Waals surface area contributed by atoms with Gasteiger partial charge in [-0.05, 0) is 17.2 Å². The predicted molar refractivity (Wildman–Crippen MR) is 39.0 cm³/mol. The Kier molecular flexibility index (Phi) is 1.29. The lowest BCUT2D eigenvalue weighted by Gasteiger charge is -1.99.